The molecule has 2 rings (SSSR count). The number of nitro benzene ring substituents is 1. The van der Waals surface area contributed by atoms with Crippen LogP contribution in [0.2, 0.25) is 0 Å². The molecule has 18 heavy (non-hydrogen) atoms. The number of nitrogens with one attached hydrogen (secondary N) is 1. The van der Waals surface area contributed by atoms with Gasteiger partial charge in [-0.2, -0.15) is 0 Å². The number of hydrogen-bond acceptors (Lipinski definition) is 5. The lowest BCUT2D eigenvalue weighted by Crippen LogP contribution is -2.05. The molecular formula is C12H13N3O2S. The summed E-state index contributed by atoms with van der Waals surface area (Å²) in [5, 5.41) is 16.8. The van der Waals surface area contributed by atoms with Gasteiger partial charge >= 0.3 is 0 Å². The molecule has 5 nitrogen and oxygen atoms in total. The molecule has 0 radical (unpaired) electrons. The van der Waals surface area contributed by atoms with Crippen molar-refractivity contribution in [1.82, 2.24) is 4.98 Å². The highest BCUT2D eigenvalue weighted by Gasteiger charge is 2.03. The average Bonchev–Trinajstić information content (AvgIpc) is 2.76. The minimum atomic E-state index is -0.401. The number of non-ortho nitro benzene ring substituents is 1. The first kappa shape index (κ1) is 12.5. The molecule has 0 unspecified atom stereocenters. The molecule has 94 valence electrons. The Morgan fingerprint density at radius 1 is 1.39 bits per heavy atom. The van der Waals surface area contributed by atoms with Gasteiger partial charge in [0.2, 0.25) is 0 Å². The van der Waals surface area contributed by atoms with Crippen LogP contribution in [0.15, 0.2) is 29.6 Å². The Bertz CT molecular complexity index is 537. The summed E-state index contributed by atoms with van der Waals surface area (Å²) in [5.74, 6) is 0. The smallest absolute Gasteiger partial charge is 0.269 e. The summed E-state index contributed by atoms with van der Waals surface area (Å²) >= 11 is 1.64. The first-order valence-electron chi connectivity index (χ1n) is 5.54. The molecule has 1 aromatic heterocycles. The van der Waals surface area contributed by atoms with Crippen LogP contribution in [0, 0.1) is 17.0 Å². The number of aromatic nitrogens is 1. The van der Waals surface area contributed by atoms with Crippen molar-refractivity contribution in [3.05, 3.63) is 50.5 Å². The van der Waals surface area contributed by atoms with E-state index in [1.54, 1.807) is 23.5 Å². The second-order valence-electron chi connectivity index (χ2n) is 3.84. The number of nitrogens with zero attached hydrogens (tertiary/aromatic N) is 2. The van der Waals surface area contributed by atoms with Gasteiger partial charge in [-0.1, -0.05) is 0 Å². The Kier molecular flexibility index (Phi) is 3.88. The Balaban J connectivity index is 1.85. The molecule has 0 saturated heterocycles. The summed E-state index contributed by atoms with van der Waals surface area (Å²) in [6, 6.07) is 6.42. The van der Waals surface area contributed by atoms with Crippen LogP contribution in [-0.2, 0) is 6.42 Å². The quantitative estimate of drug-likeness (QED) is 0.665. The fourth-order valence-electron chi connectivity index (χ4n) is 1.56. The molecule has 0 atom stereocenters. The van der Waals surface area contributed by atoms with Crippen LogP contribution in [0.25, 0.3) is 0 Å². The lowest BCUT2D eigenvalue weighted by Gasteiger charge is -2.04. The van der Waals surface area contributed by atoms with E-state index >= 15 is 0 Å². The zero-order valence-corrected chi connectivity index (χ0v) is 10.7. The fraction of sp³-hybridized carbons (Fsp3) is 0.250. The molecule has 0 fully saturated rings. The van der Waals surface area contributed by atoms with E-state index in [4.69, 9.17) is 0 Å². The monoisotopic (exact) mass is 263 g/mol. The van der Waals surface area contributed by atoms with Gasteiger partial charge in [-0.05, 0) is 19.1 Å². The van der Waals surface area contributed by atoms with E-state index in [0.717, 1.165) is 29.4 Å². The third kappa shape index (κ3) is 3.27. The third-order valence-corrected chi connectivity index (χ3v) is 3.28. The fourth-order valence-corrected chi connectivity index (χ4v) is 2.21. The van der Waals surface area contributed by atoms with Gasteiger partial charge < -0.3 is 5.32 Å². The topological polar surface area (TPSA) is 68.1 Å². The zero-order valence-electron chi connectivity index (χ0n) is 9.92. The molecule has 1 N–H and O–H groups in total. The summed E-state index contributed by atoms with van der Waals surface area (Å²) in [6.07, 6.45) is 0.849. The van der Waals surface area contributed by atoms with Crippen molar-refractivity contribution in [3.8, 4) is 0 Å². The molecule has 1 aromatic carbocycles. The van der Waals surface area contributed by atoms with Gasteiger partial charge in [-0.15, -0.1) is 11.3 Å². The summed E-state index contributed by atoms with van der Waals surface area (Å²) in [6.45, 7) is 2.75. The lowest BCUT2D eigenvalue weighted by molar-refractivity contribution is -0.384. The number of benzene rings is 1. The van der Waals surface area contributed by atoms with Crippen LogP contribution in [0.1, 0.15) is 10.7 Å². The molecule has 0 aliphatic heterocycles. The van der Waals surface area contributed by atoms with Crippen molar-refractivity contribution >= 4 is 22.7 Å². The van der Waals surface area contributed by atoms with Gasteiger partial charge in [0.05, 0.1) is 15.6 Å². The van der Waals surface area contributed by atoms with E-state index in [0.29, 0.717) is 0 Å². The van der Waals surface area contributed by atoms with E-state index in [1.807, 2.05) is 12.3 Å². The van der Waals surface area contributed by atoms with Gasteiger partial charge in [0.1, 0.15) is 0 Å². The van der Waals surface area contributed by atoms with E-state index in [9.17, 15) is 10.1 Å². The number of hydrogen-bond donors (Lipinski definition) is 1. The third-order valence-electron chi connectivity index (χ3n) is 2.45. The standard InChI is InChI=1S/C12H13N3O2S/c1-9-14-11(8-18-9)6-7-13-10-2-4-12(5-3-10)15(16)17/h2-5,8,13H,6-7H2,1H3. The van der Waals surface area contributed by atoms with Crippen molar-refractivity contribution in [2.75, 3.05) is 11.9 Å². The molecule has 1 heterocycles. The molecule has 0 amide bonds. The first-order valence-corrected chi connectivity index (χ1v) is 6.42. The van der Waals surface area contributed by atoms with Crippen LogP contribution in [0.4, 0.5) is 11.4 Å². The summed E-state index contributed by atoms with van der Waals surface area (Å²) in [5.41, 5.74) is 2.06. The molecule has 0 aliphatic rings. The highest BCUT2D eigenvalue weighted by atomic mass is 32.1. The van der Waals surface area contributed by atoms with Crippen molar-refractivity contribution in [3.63, 3.8) is 0 Å². The van der Waals surface area contributed by atoms with Crippen LogP contribution < -0.4 is 5.32 Å². The Morgan fingerprint density at radius 3 is 2.67 bits per heavy atom. The predicted molar refractivity (Wildman–Crippen MR) is 72.1 cm³/mol. The van der Waals surface area contributed by atoms with Crippen molar-refractivity contribution in [2.45, 2.75) is 13.3 Å². The minimum Gasteiger partial charge on any atom is -0.385 e. The summed E-state index contributed by atoms with van der Waals surface area (Å²) < 4.78 is 0. The Morgan fingerprint density at radius 2 is 2.11 bits per heavy atom. The van der Waals surface area contributed by atoms with Crippen LogP contribution in [-0.4, -0.2) is 16.5 Å². The van der Waals surface area contributed by atoms with Crippen molar-refractivity contribution in [1.29, 1.82) is 0 Å². The summed E-state index contributed by atoms with van der Waals surface area (Å²) in [7, 11) is 0. The first-order chi connectivity index (χ1) is 8.65. The molecule has 6 heteroatoms. The van der Waals surface area contributed by atoms with E-state index in [2.05, 4.69) is 10.3 Å². The highest BCUT2D eigenvalue weighted by molar-refractivity contribution is 7.09. The molecule has 0 spiro atoms. The second kappa shape index (κ2) is 5.59. The maximum atomic E-state index is 10.5. The maximum Gasteiger partial charge on any atom is 0.269 e. The molecule has 0 bridgehead atoms. The van der Waals surface area contributed by atoms with E-state index in [-0.39, 0.29) is 5.69 Å². The van der Waals surface area contributed by atoms with Gasteiger partial charge in [0, 0.05) is 36.2 Å². The molecule has 0 aliphatic carbocycles. The Hall–Kier alpha value is -1.95. The van der Waals surface area contributed by atoms with Crippen molar-refractivity contribution in [2.24, 2.45) is 0 Å². The van der Waals surface area contributed by atoms with Gasteiger partial charge in [0.15, 0.2) is 0 Å². The van der Waals surface area contributed by atoms with Gasteiger partial charge in [0.25, 0.3) is 5.69 Å². The van der Waals surface area contributed by atoms with Gasteiger partial charge in [-0.25, -0.2) is 4.98 Å². The normalized spacial score (nSPS) is 10.3. The average molecular weight is 263 g/mol. The van der Waals surface area contributed by atoms with Crippen LogP contribution in [0.3, 0.4) is 0 Å². The number of anilines is 1. The zero-order chi connectivity index (χ0) is 13.0. The number of rotatable bonds is 5. The lowest BCUT2D eigenvalue weighted by atomic mass is 10.2. The van der Waals surface area contributed by atoms with E-state index in [1.165, 1.54) is 12.1 Å². The predicted octanol–water partition coefficient (Wildman–Crippen LogP) is 3.01. The SMILES string of the molecule is Cc1nc(CCNc2ccc([N+](=O)[O-])cc2)cs1. The van der Waals surface area contributed by atoms with E-state index < -0.39 is 4.92 Å². The van der Waals surface area contributed by atoms with Crippen LogP contribution >= 0.6 is 11.3 Å². The largest absolute Gasteiger partial charge is 0.385 e. The minimum absolute atomic E-state index is 0.107. The second-order valence-corrected chi connectivity index (χ2v) is 4.90. The molecule has 2 aromatic rings. The number of nitro groups is 1. The Labute approximate surface area is 109 Å². The summed E-state index contributed by atoms with van der Waals surface area (Å²) in [4.78, 5) is 14.5. The molecular weight excluding hydrogens is 250 g/mol. The number of aryl methyl sites for hydroxylation is 1. The van der Waals surface area contributed by atoms with Crippen LogP contribution in [0.5, 0.6) is 0 Å². The molecule has 0 saturated carbocycles. The number of thiazole rings is 1. The van der Waals surface area contributed by atoms with Crippen molar-refractivity contribution < 1.29 is 4.92 Å². The highest BCUT2D eigenvalue weighted by Crippen LogP contribution is 2.15. The van der Waals surface area contributed by atoms with Gasteiger partial charge in [-0.3, -0.25) is 10.1 Å². The maximum absolute atomic E-state index is 10.5.